The molecule has 0 aromatic carbocycles. The number of rotatable bonds is 2. The summed E-state index contributed by atoms with van der Waals surface area (Å²) in [5.41, 5.74) is 0.0870. The van der Waals surface area contributed by atoms with Gasteiger partial charge in [-0.1, -0.05) is 0 Å². The predicted octanol–water partition coefficient (Wildman–Crippen LogP) is 0.216. The lowest BCUT2D eigenvalue weighted by Gasteiger charge is -1.96. The molecule has 1 heterocycles. The summed E-state index contributed by atoms with van der Waals surface area (Å²) in [5.74, 6) is -0.609. The smallest absolute Gasteiger partial charge is 0.338 e. The zero-order chi connectivity index (χ0) is 8.27. The fraction of sp³-hybridized carbons (Fsp3) is 0.167. The summed E-state index contributed by atoms with van der Waals surface area (Å²) in [6.45, 7) is 0. The van der Waals surface area contributed by atoms with Crippen molar-refractivity contribution in [3.8, 4) is 0 Å². The van der Waals surface area contributed by atoms with Crippen molar-refractivity contribution in [3.05, 3.63) is 18.0 Å². The van der Waals surface area contributed by atoms with Crippen molar-refractivity contribution < 1.29 is 9.90 Å². The number of hydrogen-bond donors (Lipinski definition) is 2. The Morgan fingerprint density at radius 1 is 1.55 bits per heavy atom. The van der Waals surface area contributed by atoms with Gasteiger partial charge in [0.05, 0.1) is 5.56 Å². The van der Waals surface area contributed by atoms with Crippen molar-refractivity contribution in [2.45, 2.75) is 0 Å². The Labute approximate surface area is 63.1 Å². The Hall–Kier alpha value is -1.65. The molecule has 58 valence electrons. The Balaban J connectivity index is 2.91. The quantitative estimate of drug-likeness (QED) is 0.635. The summed E-state index contributed by atoms with van der Waals surface area (Å²) in [6, 6.07) is 0. The number of carboxylic acid groups (broad SMARTS) is 1. The van der Waals surface area contributed by atoms with Crippen molar-refractivity contribution in [2.24, 2.45) is 0 Å². The summed E-state index contributed by atoms with van der Waals surface area (Å²) < 4.78 is 0. The van der Waals surface area contributed by atoms with Crippen LogP contribution in [-0.2, 0) is 0 Å². The number of carboxylic acids is 1. The van der Waals surface area contributed by atoms with Gasteiger partial charge < -0.3 is 10.4 Å². The van der Waals surface area contributed by atoms with E-state index < -0.39 is 5.97 Å². The molecule has 0 bridgehead atoms. The summed E-state index contributed by atoms with van der Waals surface area (Å²) >= 11 is 0. The molecular formula is C6H7N3O2. The maximum Gasteiger partial charge on any atom is 0.338 e. The molecule has 0 unspecified atom stereocenters. The second kappa shape index (κ2) is 2.96. The Kier molecular flexibility index (Phi) is 2.00. The highest BCUT2D eigenvalue weighted by atomic mass is 16.4. The number of carbonyl (C=O) groups is 1. The van der Waals surface area contributed by atoms with E-state index in [1.807, 2.05) is 0 Å². The predicted molar refractivity (Wildman–Crippen MR) is 38.5 cm³/mol. The minimum Gasteiger partial charge on any atom is -0.478 e. The summed E-state index contributed by atoms with van der Waals surface area (Å²) in [6.07, 6.45) is 2.50. The molecular weight excluding hydrogens is 146 g/mol. The largest absolute Gasteiger partial charge is 0.478 e. The van der Waals surface area contributed by atoms with Crippen LogP contribution in [0.1, 0.15) is 10.4 Å². The van der Waals surface area contributed by atoms with Gasteiger partial charge in [0.1, 0.15) is 0 Å². The molecule has 0 aliphatic carbocycles. The van der Waals surface area contributed by atoms with Gasteiger partial charge in [-0.2, -0.15) is 0 Å². The van der Waals surface area contributed by atoms with E-state index in [-0.39, 0.29) is 5.56 Å². The van der Waals surface area contributed by atoms with Gasteiger partial charge in [-0.05, 0) is 0 Å². The fourth-order valence-electron chi connectivity index (χ4n) is 0.568. The summed E-state index contributed by atoms with van der Waals surface area (Å²) in [7, 11) is 1.66. The summed E-state index contributed by atoms with van der Waals surface area (Å²) in [4.78, 5) is 17.7. The van der Waals surface area contributed by atoms with Crippen LogP contribution in [0.25, 0.3) is 0 Å². The van der Waals surface area contributed by atoms with Crippen LogP contribution in [-0.4, -0.2) is 28.1 Å². The van der Waals surface area contributed by atoms with E-state index in [0.717, 1.165) is 0 Å². The van der Waals surface area contributed by atoms with Gasteiger partial charge in [-0.15, -0.1) is 0 Å². The van der Waals surface area contributed by atoms with Gasteiger partial charge >= 0.3 is 5.97 Å². The SMILES string of the molecule is CNc1ncc(C(=O)O)cn1. The van der Waals surface area contributed by atoms with Gasteiger partial charge in [0.2, 0.25) is 5.95 Å². The Bertz CT molecular complexity index is 257. The third kappa shape index (κ3) is 1.64. The molecule has 1 rings (SSSR count). The molecule has 0 atom stereocenters. The molecule has 5 nitrogen and oxygen atoms in total. The maximum absolute atomic E-state index is 10.3. The third-order valence-corrected chi connectivity index (χ3v) is 1.12. The highest BCUT2D eigenvalue weighted by Crippen LogP contribution is 1.97. The lowest BCUT2D eigenvalue weighted by atomic mass is 10.4. The standard InChI is InChI=1S/C6H7N3O2/c1-7-6-8-2-4(3-9-6)5(10)11/h2-3H,1H3,(H,10,11)(H,7,8,9). The molecule has 1 aromatic heterocycles. The highest BCUT2D eigenvalue weighted by Gasteiger charge is 2.02. The van der Waals surface area contributed by atoms with Crippen molar-refractivity contribution in [3.63, 3.8) is 0 Å². The van der Waals surface area contributed by atoms with E-state index in [1.165, 1.54) is 12.4 Å². The Morgan fingerprint density at radius 2 is 2.09 bits per heavy atom. The van der Waals surface area contributed by atoms with E-state index in [9.17, 15) is 4.79 Å². The number of aromatic carboxylic acids is 1. The van der Waals surface area contributed by atoms with E-state index in [2.05, 4.69) is 15.3 Å². The highest BCUT2D eigenvalue weighted by molar-refractivity contribution is 5.86. The average Bonchev–Trinajstić information content (AvgIpc) is 2.05. The van der Waals surface area contributed by atoms with Crippen molar-refractivity contribution in [1.29, 1.82) is 0 Å². The molecule has 0 radical (unpaired) electrons. The van der Waals surface area contributed by atoms with E-state index in [0.29, 0.717) is 5.95 Å². The number of nitrogens with zero attached hydrogens (tertiary/aromatic N) is 2. The molecule has 5 heteroatoms. The van der Waals surface area contributed by atoms with Crippen molar-refractivity contribution in [1.82, 2.24) is 9.97 Å². The molecule has 0 spiro atoms. The van der Waals surface area contributed by atoms with Gasteiger partial charge in [-0.25, -0.2) is 14.8 Å². The van der Waals surface area contributed by atoms with Crippen LogP contribution in [0.5, 0.6) is 0 Å². The zero-order valence-electron chi connectivity index (χ0n) is 5.90. The van der Waals surface area contributed by atoms with Gasteiger partial charge in [-0.3, -0.25) is 0 Å². The van der Waals surface area contributed by atoms with Gasteiger partial charge in [0.15, 0.2) is 0 Å². The number of anilines is 1. The molecule has 2 N–H and O–H groups in total. The van der Waals surface area contributed by atoms with Gasteiger partial charge in [0, 0.05) is 19.4 Å². The first kappa shape index (κ1) is 7.46. The third-order valence-electron chi connectivity index (χ3n) is 1.12. The topological polar surface area (TPSA) is 75.1 Å². The first-order valence-electron chi connectivity index (χ1n) is 2.97. The Morgan fingerprint density at radius 3 is 2.45 bits per heavy atom. The second-order valence-corrected chi connectivity index (χ2v) is 1.85. The first-order chi connectivity index (χ1) is 5.24. The minimum atomic E-state index is -1.02. The lowest BCUT2D eigenvalue weighted by Crippen LogP contribution is -2.01. The number of aromatic nitrogens is 2. The van der Waals surface area contributed by atoms with Crippen LogP contribution in [0.4, 0.5) is 5.95 Å². The second-order valence-electron chi connectivity index (χ2n) is 1.85. The zero-order valence-corrected chi connectivity index (χ0v) is 5.90. The van der Waals surface area contributed by atoms with Crippen LogP contribution < -0.4 is 5.32 Å². The number of hydrogen-bond acceptors (Lipinski definition) is 4. The van der Waals surface area contributed by atoms with Crippen LogP contribution in [0, 0.1) is 0 Å². The molecule has 0 aliphatic heterocycles. The van der Waals surface area contributed by atoms with Crippen molar-refractivity contribution >= 4 is 11.9 Å². The first-order valence-corrected chi connectivity index (χ1v) is 2.97. The van der Waals surface area contributed by atoms with E-state index in [4.69, 9.17) is 5.11 Å². The van der Waals surface area contributed by atoms with Crippen molar-refractivity contribution in [2.75, 3.05) is 12.4 Å². The monoisotopic (exact) mass is 153 g/mol. The van der Waals surface area contributed by atoms with E-state index >= 15 is 0 Å². The molecule has 11 heavy (non-hydrogen) atoms. The van der Waals surface area contributed by atoms with Crippen LogP contribution in [0.2, 0.25) is 0 Å². The molecule has 1 aromatic rings. The van der Waals surface area contributed by atoms with E-state index in [1.54, 1.807) is 7.05 Å². The number of nitrogens with one attached hydrogen (secondary N) is 1. The van der Waals surface area contributed by atoms with Crippen LogP contribution >= 0.6 is 0 Å². The van der Waals surface area contributed by atoms with Gasteiger partial charge in [0.25, 0.3) is 0 Å². The average molecular weight is 153 g/mol. The molecule has 0 saturated heterocycles. The normalized spacial score (nSPS) is 9.18. The molecule has 0 fully saturated rings. The minimum absolute atomic E-state index is 0.0870. The summed E-state index contributed by atoms with van der Waals surface area (Å²) in [5, 5.41) is 11.1. The van der Waals surface area contributed by atoms with Crippen LogP contribution in [0.3, 0.4) is 0 Å². The molecule has 0 amide bonds. The molecule has 0 saturated carbocycles. The maximum atomic E-state index is 10.3. The lowest BCUT2D eigenvalue weighted by molar-refractivity contribution is 0.0696. The fourth-order valence-corrected chi connectivity index (χ4v) is 0.568. The molecule has 0 aliphatic rings. The van der Waals surface area contributed by atoms with Crippen LogP contribution in [0.15, 0.2) is 12.4 Å².